The molecule has 2 fully saturated rings. The molecule has 3 heterocycles. The van der Waals surface area contributed by atoms with E-state index >= 15 is 0 Å². The molecule has 0 radical (unpaired) electrons. The Balaban J connectivity index is 1.90. The average Bonchev–Trinajstić information content (AvgIpc) is 2.74. The van der Waals surface area contributed by atoms with Gasteiger partial charge in [0, 0.05) is 18.3 Å². The fraction of sp³-hybridized carbons (Fsp3) is 0.700. The van der Waals surface area contributed by atoms with Gasteiger partial charge in [-0.05, 0) is 25.7 Å². The van der Waals surface area contributed by atoms with E-state index in [0.717, 1.165) is 17.7 Å². The maximum Gasteiger partial charge on any atom is 0.180 e. The number of hydrogen-bond donors (Lipinski definition) is 3. The molecule has 2 saturated heterocycles. The van der Waals surface area contributed by atoms with E-state index in [9.17, 15) is 5.11 Å². The maximum absolute atomic E-state index is 10.6. The summed E-state index contributed by atoms with van der Waals surface area (Å²) in [4.78, 5) is 4.95. The van der Waals surface area contributed by atoms with Crippen LogP contribution in [0.4, 0.5) is 5.13 Å². The number of nitrogens with zero attached hydrogens (tertiary/aromatic N) is 1. The molecule has 0 aromatic carbocycles. The molecule has 3 rings (SSSR count). The summed E-state index contributed by atoms with van der Waals surface area (Å²) in [6.07, 6.45) is 5.68. The van der Waals surface area contributed by atoms with Crippen molar-refractivity contribution in [3.8, 4) is 0 Å². The molecule has 4 N–H and O–H groups in total. The standard InChI is InChI=1S/C10H15N3OS/c11-9-12-5-8(15-9)10(14)3-6-1-2-7(4-10)13-6/h5-7,13-14H,1-4H2,(H2,11,12). The summed E-state index contributed by atoms with van der Waals surface area (Å²) in [7, 11) is 0. The van der Waals surface area contributed by atoms with Crippen LogP contribution in [-0.2, 0) is 5.60 Å². The van der Waals surface area contributed by atoms with Gasteiger partial charge in [-0.3, -0.25) is 0 Å². The van der Waals surface area contributed by atoms with Crippen LogP contribution in [0.2, 0.25) is 0 Å². The minimum absolute atomic E-state index is 0.470. The van der Waals surface area contributed by atoms with Gasteiger partial charge in [-0.25, -0.2) is 4.98 Å². The summed E-state index contributed by atoms with van der Waals surface area (Å²) in [5.41, 5.74) is 4.92. The number of thiazole rings is 1. The van der Waals surface area contributed by atoms with Crippen LogP contribution >= 0.6 is 11.3 Å². The summed E-state index contributed by atoms with van der Waals surface area (Å²) < 4.78 is 0. The van der Waals surface area contributed by atoms with Gasteiger partial charge in [-0.2, -0.15) is 0 Å². The molecular formula is C10H15N3OS. The van der Waals surface area contributed by atoms with E-state index < -0.39 is 5.60 Å². The number of fused-ring (bicyclic) bond motifs is 2. The second-order valence-corrected chi connectivity index (χ2v) is 5.70. The first-order valence-corrected chi connectivity index (χ1v) is 6.17. The molecule has 2 aliphatic heterocycles. The third-order valence-electron chi connectivity index (χ3n) is 3.49. The van der Waals surface area contributed by atoms with Crippen molar-refractivity contribution < 1.29 is 5.11 Å². The van der Waals surface area contributed by atoms with Crippen molar-refractivity contribution in [3.05, 3.63) is 11.1 Å². The van der Waals surface area contributed by atoms with Crippen LogP contribution < -0.4 is 11.1 Å². The Labute approximate surface area is 92.5 Å². The molecule has 2 atom stereocenters. The van der Waals surface area contributed by atoms with Crippen LogP contribution in [0.5, 0.6) is 0 Å². The molecule has 1 aromatic rings. The summed E-state index contributed by atoms with van der Waals surface area (Å²) in [6, 6.07) is 0.939. The number of nitrogens with one attached hydrogen (secondary N) is 1. The van der Waals surface area contributed by atoms with Crippen molar-refractivity contribution in [2.45, 2.75) is 43.4 Å². The Hall–Kier alpha value is -0.650. The molecule has 1 aromatic heterocycles. The molecule has 4 nitrogen and oxygen atoms in total. The fourth-order valence-electron chi connectivity index (χ4n) is 2.83. The van der Waals surface area contributed by atoms with Crippen LogP contribution in [0.3, 0.4) is 0 Å². The summed E-state index contributed by atoms with van der Waals surface area (Å²) in [5.74, 6) is 0. The fourth-order valence-corrected chi connectivity index (χ4v) is 3.62. The highest BCUT2D eigenvalue weighted by Gasteiger charge is 2.44. The van der Waals surface area contributed by atoms with Crippen LogP contribution in [0.15, 0.2) is 6.20 Å². The number of rotatable bonds is 1. The quantitative estimate of drug-likeness (QED) is 0.662. The van der Waals surface area contributed by atoms with Gasteiger partial charge in [0.15, 0.2) is 5.13 Å². The lowest BCUT2D eigenvalue weighted by molar-refractivity contribution is -0.00828. The predicted octanol–water partition coefficient (Wildman–Crippen LogP) is 0.827. The number of aliphatic hydroxyl groups is 1. The van der Waals surface area contributed by atoms with Gasteiger partial charge in [-0.15, -0.1) is 0 Å². The number of nitrogens with two attached hydrogens (primary N) is 1. The molecule has 82 valence electrons. The minimum Gasteiger partial charge on any atom is -0.384 e. The lowest BCUT2D eigenvalue weighted by Gasteiger charge is -2.36. The molecular weight excluding hydrogens is 210 g/mol. The monoisotopic (exact) mass is 225 g/mol. The molecule has 2 aliphatic rings. The molecule has 2 unspecified atom stereocenters. The summed E-state index contributed by atoms with van der Waals surface area (Å²) >= 11 is 1.41. The third kappa shape index (κ3) is 1.55. The normalized spacial score (nSPS) is 39.5. The highest BCUT2D eigenvalue weighted by Crippen LogP contribution is 2.42. The van der Waals surface area contributed by atoms with E-state index in [0.29, 0.717) is 17.2 Å². The first kappa shape index (κ1) is 9.57. The van der Waals surface area contributed by atoms with Crippen molar-refractivity contribution in [1.82, 2.24) is 10.3 Å². The SMILES string of the molecule is Nc1ncc(C2(O)CC3CCC(C2)N3)s1. The van der Waals surface area contributed by atoms with Crippen molar-refractivity contribution in [2.24, 2.45) is 0 Å². The number of anilines is 1. The van der Waals surface area contributed by atoms with E-state index in [-0.39, 0.29) is 0 Å². The van der Waals surface area contributed by atoms with Crippen molar-refractivity contribution >= 4 is 16.5 Å². The second kappa shape index (κ2) is 3.17. The number of hydrogen-bond acceptors (Lipinski definition) is 5. The zero-order valence-corrected chi connectivity index (χ0v) is 9.26. The number of nitrogen functional groups attached to an aromatic ring is 1. The van der Waals surface area contributed by atoms with Crippen LogP contribution in [0, 0.1) is 0 Å². The smallest absolute Gasteiger partial charge is 0.180 e. The zero-order valence-electron chi connectivity index (χ0n) is 8.44. The topological polar surface area (TPSA) is 71.2 Å². The maximum atomic E-state index is 10.6. The Morgan fingerprint density at radius 2 is 2.13 bits per heavy atom. The minimum atomic E-state index is -0.688. The highest BCUT2D eigenvalue weighted by molar-refractivity contribution is 7.15. The Morgan fingerprint density at radius 3 is 2.67 bits per heavy atom. The molecule has 2 bridgehead atoms. The summed E-state index contributed by atoms with van der Waals surface area (Å²) in [5, 5.41) is 14.7. The van der Waals surface area contributed by atoms with Crippen LogP contribution in [0.1, 0.15) is 30.6 Å². The van der Waals surface area contributed by atoms with Gasteiger partial charge >= 0.3 is 0 Å². The summed E-state index contributed by atoms with van der Waals surface area (Å²) in [6.45, 7) is 0. The molecule has 0 spiro atoms. The highest BCUT2D eigenvalue weighted by atomic mass is 32.1. The largest absolute Gasteiger partial charge is 0.384 e. The third-order valence-corrected chi connectivity index (χ3v) is 4.51. The first-order chi connectivity index (χ1) is 7.16. The molecule has 5 heteroatoms. The Kier molecular flexibility index (Phi) is 2.02. The molecule has 15 heavy (non-hydrogen) atoms. The van der Waals surface area contributed by atoms with Gasteiger partial charge in [0.25, 0.3) is 0 Å². The van der Waals surface area contributed by atoms with E-state index in [1.54, 1.807) is 6.20 Å². The second-order valence-electron chi connectivity index (χ2n) is 4.64. The lowest BCUT2D eigenvalue weighted by Crippen LogP contribution is -2.46. The van der Waals surface area contributed by atoms with Gasteiger partial charge in [0.1, 0.15) is 5.60 Å². The van der Waals surface area contributed by atoms with Crippen LogP contribution in [0.25, 0.3) is 0 Å². The predicted molar refractivity (Wildman–Crippen MR) is 59.6 cm³/mol. The Bertz CT molecular complexity index is 366. The van der Waals surface area contributed by atoms with Crippen molar-refractivity contribution in [1.29, 1.82) is 0 Å². The zero-order chi connectivity index (χ0) is 10.5. The first-order valence-electron chi connectivity index (χ1n) is 5.36. The lowest BCUT2D eigenvalue weighted by atomic mass is 9.86. The average molecular weight is 225 g/mol. The van der Waals surface area contributed by atoms with E-state index in [4.69, 9.17) is 5.73 Å². The molecule has 0 aliphatic carbocycles. The van der Waals surface area contributed by atoms with Gasteiger partial charge in [0.05, 0.1) is 4.88 Å². The Morgan fingerprint density at radius 1 is 1.47 bits per heavy atom. The van der Waals surface area contributed by atoms with Crippen molar-refractivity contribution in [2.75, 3.05) is 5.73 Å². The van der Waals surface area contributed by atoms with E-state index in [1.165, 1.54) is 24.2 Å². The van der Waals surface area contributed by atoms with E-state index in [2.05, 4.69) is 10.3 Å². The van der Waals surface area contributed by atoms with Gasteiger partial charge in [-0.1, -0.05) is 11.3 Å². The van der Waals surface area contributed by atoms with Crippen molar-refractivity contribution in [3.63, 3.8) is 0 Å². The van der Waals surface area contributed by atoms with E-state index in [1.807, 2.05) is 0 Å². The number of aromatic nitrogens is 1. The molecule has 0 amide bonds. The van der Waals surface area contributed by atoms with Gasteiger partial charge < -0.3 is 16.2 Å². The number of piperidine rings is 1. The van der Waals surface area contributed by atoms with Gasteiger partial charge in [0.2, 0.25) is 0 Å². The van der Waals surface area contributed by atoms with Crippen LogP contribution in [-0.4, -0.2) is 22.2 Å². The molecule has 0 saturated carbocycles.